The molecule has 0 aromatic carbocycles. The van der Waals surface area contributed by atoms with E-state index < -0.39 is 5.97 Å². The van der Waals surface area contributed by atoms with Gasteiger partial charge in [0, 0.05) is 12.5 Å². The maximum Gasteiger partial charge on any atom is 0.307 e. The van der Waals surface area contributed by atoms with Crippen LogP contribution in [0.1, 0.15) is 65.2 Å². The van der Waals surface area contributed by atoms with Crippen molar-refractivity contribution in [1.82, 2.24) is 5.32 Å². The summed E-state index contributed by atoms with van der Waals surface area (Å²) < 4.78 is 0. The quantitative estimate of drug-likeness (QED) is 0.780. The molecule has 1 aliphatic heterocycles. The molecule has 0 spiro atoms. The highest BCUT2D eigenvalue weighted by Gasteiger charge is 2.61. The number of carboxylic acid groups (broad SMARTS) is 1. The minimum atomic E-state index is -0.585. The van der Waals surface area contributed by atoms with Gasteiger partial charge in [0.15, 0.2) is 0 Å². The summed E-state index contributed by atoms with van der Waals surface area (Å²) >= 11 is 0. The van der Waals surface area contributed by atoms with E-state index in [1.165, 1.54) is 0 Å². The number of piperidine rings is 1. The average Bonchev–Trinajstić information content (AvgIpc) is 2.85. The lowest BCUT2D eigenvalue weighted by atomic mass is 9.47. The Morgan fingerprint density at radius 2 is 1.78 bits per heavy atom. The van der Waals surface area contributed by atoms with Gasteiger partial charge in [-0.05, 0) is 73.5 Å². The molecule has 1 saturated heterocycles. The van der Waals surface area contributed by atoms with Gasteiger partial charge in [-0.2, -0.15) is 0 Å². The Bertz CT molecular complexity index is 547. The molecular weight excluding hydrogens is 290 g/mol. The van der Waals surface area contributed by atoms with E-state index >= 15 is 0 Å². The van der Waals surface area contributed by atoms with Crippen LogP contribution in [0.5, 0.6) is 0 Å². The van der Waals surface area contributed by atoms with E-state index in [1.807, 2.05) is 0 Å². The summed E-state index contributed by atoms with van der Waals surface area (Å²) in [5, 5.41) is 12.9. The second-order valence-corrected chi connectivity index (χ2v) is 9.09. The van der Waals surface area contributed by atoms with Crippen LogP contribution >= 0.6 is 0 Å². The van der Waals surface area contributed by atoms with Gasteiger partial charge in [0.2, 0.25) is 5.91 Å². The first-order valence-corrected chi connectivity index (χ1v) is 9.38. The third-order valence-corrected chi connectivity index (χ3v) is 8.39. The number of rotatable bonds is 1. The molecule has 4 heteroatoms. The van der Waals surface area contributed by atoms with Gasteiger partial charge in [0.05, 0.1) is 5.92 Å². The fourth-order valence-electron chi connectivity index (χ4n) is 7.11. The number of carbonyl (C=O) groups excluding carboxylic acids is 1. The standard InChI is InChI=1S/C19H29NO3/c1-18-9-7-13-11(12(18)4-5-14(18)17(22)23)3-6-15-19(13,2)10-8-16(21)20-15/h11-15H,3-10H2,1-2H3,(H,20,21)(H,22,23)/t11-,12-,13?,14+,15+,18-,19+/m0/s1. The van der Waals surface area contributed by atoms with Crippen molar-refractivity contribution < 1.29 is 14.7 Å². The van der Waals surface area contributed by atoms with E-state index in [9.17, 15) is 14.7 Å². The van der Waals surface area contributed by atoms with Gasteiger partial charge in [0.1, 0.15) is 0 Å². The van der Waals surface area contributed by atoms with Crippen molar-refractivity contribution in [3.05, 3.63) is 0 Å². The average molecular weight is 319 g/mol. The lowest BCUT2D eigenvalue weighted by Gasteiger charge is -2.60. The Hall–Kier alpha value is -1.06. The molecule has 4 fully saturated rings. The number of carbonyl (C=O) groups is 2. The van der Waals surface area contributed by atoms with Gasteiger partial charge in [-0.1, -0.05) is 13.8 Å². The van der Waals surface area contributed by atoms with Gasteiger partial charge in [-0.3, -0.25) is 9.59 Å². The van der Waals surface area contributed by atoms with Crippen LogP contribution < -0.4 is 5.32 Å². The van der Waals surface area contributed by atoms with Crippen LogP contribution in [0.4, 0.5) is 0 Å². The van der Waals surface area contributed by atoms with Crippen molar-refractivity contribution in [2.45, 2.75) is 71.3 Å². The van der Waals surface area contributed by atoms with E-state index in [4.69, 9.17) is 0 Å². The van der Waals surface area contributed by atoms with Crippen molar-refractivity contribution in [3.63, 3.8) is 0 Å². The van der Waals surface area contributed by atoms with E-state index in [0.717, 1.165) is 44.9 Å². The first kappa shape index (κ1) is 15.5. The Kier molecular flexibility index (Phi) is 3.34. The van der Waals surface area contributed by atoms with Crippen LogP contribution in [-0.4, -0.2) is 23.0 Å². The summed E-state index contributed by atoms with van der Waals surface area (Å²) in [6.07, 6.45) is 8.05. The minimum Gasteiger partial charge on any atom is -0.481 e. The minimum absolute atomic E-state index is 0.00584. The molecule has 4 aliphatic rings. The molecule has 1 heterocycles. The molecule has 0 aromatic rings. The van der Waals surface area contributed by atoms with Crippen LogP contribution in [0.25, 0.3) is 0 Å². The summed E-state index contributed by atoms with van der Waals surface area (Å²) in [5.74, 6) is 1.38. The topological polar surface area (TPSA) is 66.4 Å². The molecule has 0 radical (unpaired) electrons. The highest BCUT2D eigenvalue weighted by Crippen LogP contribution is 2.65. The lowest BCUT2D eigenvalue weighted by molar-refractivity contribution is -0.152. The van der Waals surface area contributed by atoms with Crippen molar-refractivity contribution in [2.24, 2.45) is 34.5 Å². The van der Waals surface area contributed by atoms with Gasteiger partial charge in [-0.15, -0.1) is 0 Å². The molecule has 2 N–H and O–H groups in total. The molecule has 1 amide bonds. The summed E-state index contributed by atoms with van der Waals surface area (Å²) in [4.78, 5) is 23.5. The Morgan fingerprint density at radius 3 is 2.52 bits per heavy atom. The highest BCUT2D eigenvalue weighted by atomic mass is 16.4. The van der Waals surface area contributed by atoms with E-state index in [1.54, 1.807) is 0 Å². The summed E-state index contributed by atoms with van der Waals surface area (Å²) in [7, 11) is 0. The highest BCUT2D eigenvalue weighted by molar-refractivity contribution is 5.77. The van der Waals surface area contributed by atoms with Crippen molar-refractivity contribution in [3.8, 4) is 0 Å². The molecule has 0 bridgehead atoms. The van der Waals surface area contributed by atoms with Gasteiger partial charge in [-0.25, -0.2) is 0 Å². The zero-order chi connectivity index (χ0) is 16.4. The third-order valence-electron chi connectivity index (χ3n) is 8.39. The van der Waals surface area contributed by atoms with Crippen LogP contribution in [-0.2, 0) is 9.59 Å². The number of aliphatic carboxylic acids is 1. The first-order valence-electron chi connectivity index (χ1n) is 9.38. The molecule has 3 aliphatic carbocycles. The lowest BCUT2D eigenvalue weighted by Crippen LogP contribution is -2.61. The molecule has 4 nitrogen and oxygen atoms in total. The van der Waals surface area contributed by atoms with Crippen molar-refractivity contribution >= 4 is 11.9 Å². The van der Waals surface area contributed by atoms with Crippen LogP contribution in [0.2, 0.25) is 0 Å². The molecule has 3 saturated carbocycles. The molecule has 128 valence electrons. The number of nitrogens with one attached hydrogen (secondary N) is 1. The van der Waals surface area contributed by atoms with Crippen LogP contribution in [0, 0.1) is 34.5 Å². The maximum absolute atomic E-state index is 11.8. The smallest absolute Gasteiger partial charge is 0.307 e. The van der Waals surface area contributed by atoms with Gasteiger partial charge < -0.3 is 10.4 Å². The van der Waals surface area contributed by atoms with E-state index in [-0.39, 0.29) is 22.7 Å². The van der Waals surface area contributed by atoms with Gasteiger partial charge >= 0.3 is 5.97 Å². The van der Waals surface area contributed by atoms with Gasteiger partial charge in [0.25, 0.3) is 0 Å². The predicted octanol–water partition coefficient (Wildman–Crippen LogP) is 3.21. The van der Waals surface area contributed by atoms with Crippen LogP contribution in [0.3, 0.4) is 0 Å². The Labute approximate surface area is 138 Å². The SMILES string of the molecule is C[C@]12CCC3[C@@H](CC[C@H]4NC(=O)CC[C@]34C)[C@@H]1CC[C@@H]2C(=O)O. The number of hydrogen-bond donors (Lipinski definition) is 2. The second kappa shape index (κ2) is 4.97. The largest absolute Gasteiger partial charge is 0.481 e. The Morgan fingerprint density at radius 1 is 1.04 bits per heavy atom. The molecule has 1 unspecified atom stereocenters. The zero-order valence-corrected chi connectivity index (χ0v) is 14.3. The third kappa shape index (κ3) is 2.02. The monoisotopic (exact) mass is 319 g/mol. The number of hydrogen-bond acceptors (Lipinski definition) is 2. The van der Waals surface area contributed by atoms with Crippen LogP contribution in [0.15, 0.2) is 0 Å². The molecule has 23 heavy (non-hydrogen) atoms. The normalized spacial score (nSPS) is 52.1. The number of fused-ring (bicyclic) bond motifs is 5. The maximum atomic E-state index is 11.8. The number of carboxylic acids is 1. The predicted molar refractivity (Wildman–Crippen MR) is 86.7 cm³/mol. The molecule has 4 rings (SSSR count). The Balaban J connectivity index is 1.63. The zero-order valence-electron chi connectivity index (χ0n) is 14.3. The van der Waals surface area contributed by atoms with Crippen molar-refractivity contribution in [2.75, 3.05) is 0 Å². The number of amides is 1. The summed E-state index contributed by atoms with van der Waals surface area (Å²) in [6.45, 7) is 4.64. The first-order chi connectivity index (χ1) is 10.9. The fraction of sp³-hybridized carbons (Fsp3) is 0.895. The molecule has 7 atom stereocenters. The van der Waals surface area contributed by atoms with E-state index in [0.29, 0.717) is 30.2 Å². The molecule has 0 aromatic heterocycles. The molecular formula is C19H29NO3. The summed E-state index contributed by atoms with van der Waals surface area (Å²) in [6, 6.07) is 0.339. The fourth-order valence-corrected chi connectivity index (χ4v) is 7.11. The van der Waals surface area contributed by atoms with E-state index in [2.05, 4.69) is 19.2 Å². The second-order valence-electron chi connectivity index (χ2n) is 9.09. The summed E-state index contributed by atoms with van der Waals surface area (Å²) in [5.41, 5.74) is 0.216. The van der Waals surface area contributed by atoms with Crippen molar-refractivity contribution in [1.29, 1.82) is 0 Å².